The second kappa shape index (κ2) is 9.30. The van der Waals surface area contributed by atoms with Gasteiger partial charge in [0.05, 0.1) is 6.61 Å². The molecule has 0 radical (unpaired) electrons. The van der Waals surface area contributed by atoms with Crippen LogP contribution in [-0.2, 0) is 14.3 Å². The Labute approximate surface area is 177 Å². The van der Waals surface area contributed by atoms with E-state index >= 15 is 0 Å². The number of hydrogen-bond donors (Lipinski definition) is 2. The third kappa shape index (κ3) is 5.39. The lowest BCUT2D eigenvalue weighted by Crippen LogP contribution is -2.44. The summed E-state index contributed by atoms with van der Waals surface area (Å²) in [4.78, 5) is 23.7. The second-order valence-corrected chi connectivity index (χ2v) is 8.75. The van der Waals surface area contributed by atoms with E-state index in [9.17, 15) is 14.7 Å². The van der Waals surface area contributed by atoms with Crippen LogP contribution in [0.2, 0.25) is 0 Å². The molecule has 1 aliphatic carbocycles. The summed E-state index contributed by atoms with van der Waals surface area (Å²) >= 11 is 0. The zero-order valence-electron chi connectivity index (χ0n) is 17.7. The number of ether oxygens (including phenoxy) is 2. The molecular weight excluding hydrogens is 382 g/mol. The van der Waals surface area contributed by atoms with Crippen LogP contribution in [0.5, 0.6) is 0 Å². The van der Waals surface area contributed by atoms with Crippen LogP contribution in [0.25, 0.3) is 11.1 Å². The maximum atomic E-state index is 12.3. The molecule has 3 rings (SSSR count). The molecule has 1 atom stereocenters. The largest absolute Gasteiger partial charge is 0.480 e. The number of hydrogen-bond acceptors (Lipinski definition) is 4. The van der Waals surface area contributed by atoms with E-state index in [1.807, 2.05) is 36.4 Å². The van der Waals surface area contributed by atoms with Crippen molar-refractivity contribution in [2.75, 3.05) is 19.8 Å². The van der Waals surface area contributed by atoms with E-state index in [0.29, 0.717) is 6.61 Å². The third-order valence-corrected chi connectivity index (χ3v) is 5.21. The van der Waals surface area contributed by atoms with Gasteiger partial charge in [-0.15, -0.1) is 0 Å². The number of fused-ring (bicyclic) bond motifs is 3. The molecule has 160 valence electrons. The second-order valence-electron chi connectivity index (χ2n) is 8.75. The summed E-state index contributed by atoms with van der Waals surface area (Å²) in [6, 6.07) is 14.9. The molecule has 1 unspecified atom stereocenters. The van der Waals surface area contributed by atoms with Crippen molar-refractivity contribution >= 4 is 12.1 Å². The van der Waals surface area contributed by atoms with Crippen LogP contribution in [0.3, 0.4) is 0 Å². The van der Waals surface area contributed by atoms with Gasteiger partial charge < -0.3 is 19.9 Å². The normalized spacial score (nSPS) is 14.0. The first-order valence-electron chi connectivity index (χ1n) is 10.2. The fraction of sp³-hybridized carbons (Fsp3) is 0.417. The fourth-order valence-electron chi connectivity index (χ4n) is 3.54. The Bertz CT molecular complexity index is 857. The van der Waals surface area contributed by atoms with Gasteiger partial charge in [-0.3, -0.25) is 0 Å². The molecule has 2 aromatic carbocycles. The van der Waals surface area contributed by atoms with Crippen LogP contribution >= 0.6 is 0 Å². The summed E-state index contributed by atoms with van der Waals surface area (Å²) in [7, 11) is 0. The first kappa shape index (κ1) is 21.8. The number of rotatable bonds is 8. The predicted molar refractivity (Wildman–Crippen MR) is 115 cm³/mol. The maximum Gasteiger partial charge on any atom is 0.407 e. The molecule has 30 heavy (non-hydrogen) atoms. The van der Waals surface area contributed by atoms with Crippen molar-refractivity contribution < 1.29 is 24.2 Å². The quantitative estimate of drug-likeness (QED) is 0.628. The molecule has 0 saturated heterocycles. The topological polar surface area (TPSA) is 84.9 Å². The number of carbonyl (C=O) groups excluding carboxylic acids is 1. The minimum Gasteiger partial charge on any atom is -0.480 e. The van der Waals surface area contributed by atoms with E-state index in [2.05, 4.69) is 38.2 Å². The zero-order chi connectivity index (χ0) is 21.7. The van der Waals surface area contributed by atoms with Gasteiger partial charge >= 0.3 is 12.1 Å². The minimum absolute atomic E-state index is 0.0746. The smallest absolute Gasteiger partial charge is 0.407 e. The predicted octanol–water partition coefficient (Wildman–Crippen LogP) is 4.43. The molecule has 0 heterocycles. The van der Waals surface area contributed by atoms with Crippen molar-refractivity contribution in [3.8, 4) is 11.1 Å². The van der Waals surface area contributed by atoms with E-state index in [1.54, 1.807) is 0 Å². The van der Waals surface area contributed by atoms with E-state index in [0.717, 1.165) is 28.7 Å². The Morgan fingerprint density at radius 3 is 2.13 bits per heavy atom. The lowest BCUT2D eigenvalue weighted by molar-refractivity contribution is -0.141. The van der Waals surface area contributed by atoms with Crippen molar-refractivity contribution in [1.82, 2.24) is 5.32 Å². The zero-order valence-corrected chi connectivity index (χ0v) is 17.7. The van der Waals surface area contributed by atoms with E-state index in [-0.39, 0.29) is 24.5 Å². The Kier molecular flexibility index (Phi) is 6.77. The minimum atomic E-state index is -1.15. The molecule has 0 bridgehead atoms. The molecule has 0 aliphatic heterocycles. The van der Waals surface area contributed by atoms with Crippen LogP contribution in [0.15, 0.2) is 48.5 Å². The van der Waals surface area contributed by atoms with Gasteiger partial charge in [0.25, 0.3) is 0 Å². The lowest BCUT2D eigenvalue weighted by Gasteiger charge is -2.20. The Morgan fingerprint density at radius 2 is 1.60 bits per heavy atom. The van der Waals surface area contributed by atoms with Gasteiger partial charge in [0.2, 0.25) is 0 Å². The summed E-state index contributed by atoms with van der Waals surface area (Å²) < 4.78 is 10.9. The fourth-order valence-corrected chi connectivity index (χ4v) is 3.54. The molecular formula is C24H29NO5. The standard InChI is InChI=1S/C24H29NO5/c1-24(2,3)12-13-29-15-21(22(26)27)25-23(28)30-14-20-18-10-6-4-8-16(18)17-9-5-7-11-19(17)20/h4-11,20-21H,12-15H2,1-3H3,(H,25,28)(H,26,27). The number of benzene rings is 2. The molecule has 2 N–H and O–H groups in total. The number of amides is 1. The Hall–Kier alpha value is -2.86. The number of carboxylic acids is 1. The van der Waals surface area contributed by atoms with Gasteiger partial charge in [0, 0.05) is 12.5 Å². The molecule has 0 aromatic heterocycles. The number of aliphatic carboxylic acids is 1. The van der Waals surface area contributed by atoms with Gasteiger partial charge in [-0.25, -0.2) is 9.59 Å². The Morgan fingerprint density at radius 1 is 1.03 bits per heavy atom. The van der Waals surface area contributed by atoms with Crippen LogP contribution in [-0.4, -0.2) is 43.0 Å². The van der Waals surface area contributed by atoms with Crippen molar-refractivity contribution in [3.63, 3.8) is 0 Å². The molecule has 2 aromatic rings. The first-order chi connectivity index (χ1) is 14.3. The van der Waals surface area contributed by atoms with Crippen molar-refractivity contribution in [2.45, 2.75) is 39.2 Å². The van der Waals surface area contributed by atoms with Crippen molar-refractivity contribution in [3.05, 3.63) is 59.7 Å². The SMILES string of the molecule is CC(C)(C)CCOCC(NC(=O)OCC1c2ccccc2-c2ccccc21)C(=O)O. The highest BCUT2D eigenvalue weighted by Gasteiger charge is 2.29. The summed E-state index contributed by atoms with van der Waals surface area (Å²) in [6.07, 6.45) is 0.0354. The highest BCUT2D eigenvalue weighted by molar-refractivity contribution is 5.81. The van der Waals surface area contributed by atoms with Crippen molar-refractivity contribution in [1.29, 1.82) is 0 Å². The number of nitrogens with one attached hydrogen (secondary N) is 1. The van der Waals surface area contributed by atoms with Gasteiger partial charge in [-0.1, -0.05) is 69.3 Å². The molecule has 0 fully saturated rings. The van der Waals surface area contributed by atoms with Crippen LogP contribution < -0.4 is 5.32 Å². The van der Waals surface area contributed by atoms with Gasteiger partial charge in [0.15, 0.2) is 6.04 Å². The van der Waals surface area contributed by atoms with E-state index in [4.69, 9.17) is 9.47 Å². The number of carboxylic acid groups (broad SMARTS) is 1. The van der Waals surface area contributed by atoms with Gasteiger partial charge in [-0.05, 0) is 34.1 Å². The van der Waals surface area contributed by atoms with E-state index < -0.39 is 18.1 Å². The molecule has 1 aliphatic rings. The highest BCUT2D eigenvalue weighted by Crippen LogP contribution is 2.44. The molecule has 6 heteroatoms. The average Bonchev–Trinajstić information content (AvgIpc) is 3.01. The summed E-state index contributed by atoms with van der Waals surface area (Å²) in [5.41, 5.74) is 4.58. The monoisotopic (exact) mass is 411 g/mol. The highest BCUT2D eigenvalue weighted by atomic mass is 16.5. The molecule has 0 saturated carbocycles. The van der Waals surface area contributed by atoms with Crippen molar-refractivity contribution in [2.24, 2.45) is 5.41 Å². The molecule has 1 amide bonds. The van der Waals surface area contributed by atoms with Crippen LogP contribution in [0.1, 0.15) is 44.2 Å². The third-order valence-electron chi connectivity index (χ3n) is 5.21. The average molecular weight is 411 g/mol. The summed E-state index contributed by atoms with van der Waals surface area (Å²) in [5, 5.41) is 11.8. The van der Waals surface area contributed by atoms with E-state index in [1.165, 1.54) is 0 Å². The summed E-state index contributed by atoms with van der Waals surface area (Å²) in [6.45, 7) is 6.71. The van der Waals surface area contributed by atoms with Crippen LogP contribution in [0.4, 0.5) is 4.79 Å². The Balaban J connectivity index is 1.56. The number of carbonyl (C=O) groups is 2. The summed E-state index contributed by atoms with van der Waals surface area (Å²) in [5.74, 6) is -1.23. The van der Waals surface area contributed by atoms with Gasteiger partial charge in [-0.2, -0.15) is 0 Å². The first-order valence-corrected chi connectivity index (χ1v) is 10.2. The number of alkyl carbamates (subject to hydrolysis) is 1. The maximum absolute atomic E-state index is 12.3. The van der Waals surface area contributed by atoms with Crippen LogP contribution in [0, 0.1) is 5.41 Å². The lowest BCUT2D eigenvalue weighted by atomic mass is 9.93. The van der Waals surface area contributed by atoms with Gasteiger partial charge in [0.1, 0.15) is 6.61 Å². The molecule has 0 spiro atoms. The molecule has 6 nitrogen and oxygen atoms in total.